The molecule has 0 aliphatic heterocycles. The molecule has 0 aliphatic rings. The smallest absolute Gasteiger partial charge is 0.178 e. The fourth-order valence-corrected chi connectivity index (χ4v) is 3.17. The summed E-state index contributed by atoms with van der Waals surface area (Å²) in [6, 6.07) is 18.1. The zero-order valence-electron chi connectivity index (χ0n) is 13.7. The number of aromatic nitrogens is 2. The quantitative estimate of drug-likeness (QED) is 0.701. The van der Waals surface area contributed by atoms with Crippen molar-refractivity contribution >= 4 is 32.8 Å². The van der Waals surface area contributed by atoms with Crippen molar-refractivity contribution in [2.24, 2.45) is 0 Å². The van der Waals surface area contributed by atoms with Gasteiger partial charge in [-0.15, -0.1) is 0 Å². The topological polar surface area (TPSA) is 84.0 Å². The Bertz CT molecular complexity index is 960. The van der Waals surface area contributed by atoms with Gasteiger partial charge >= 0.3 is 0 Å². The van der Waals surface area contributed by atoms with E-state index in [2.05, 4.69) is 20.6 Å². The zero-order valence-corrected chi connectivity index (χ0v) is 14.5. The summed E-state index contributed by atoms with van der Waals surface area (Å²) in [6.07, 6.45) is 1.44. The Morgan fingerprint density at radius 1 is 0.840 bits per heavy atom. The lowest BCUT2D eigenvalue weighted by Gasteiger charge is -2.10. The van der Waals surface area contributed by atoms with E-state index < -0.39 is 9.84 Å². The van der Waals surface area contributed by atoms with Crippen molar-refractivity contribution in [3.63, 3.8) is 0 Å². The normalized spacial score (nSPS) is 11.1. The van der Waals surface area contributed by atoms with Gasteiger partial charge in [-0.25, -0.2) is 18.4 Å². The molecule has 0 aliphatic carbocycles. The zero-order chi connectivity index (χ0) is 17.7. The molecular weight excluding hydrogens is 336 g/mol. The molecule has 0 saturated heterocycles. The molecule has 0 saturated carbocycles. The summed E-state index contributed by atoms with van der Waals surface area (Å²) in [6.45, 7) is 1.63. The van der Waals surface area contributed by atoms with Gasteiger partial charge in [-0.1, -0.05) is 31.2 Å². The van der Waals surface area contributed by atoms with Gasteiger partial charge in [-0.05, 0) is 30.3 Å². The van der Waals surface area contributed by atoms with Gasteiger partial charge in [0.05, 0.1) is 10.6 Å². The van der Waals surface area contributed by atoms with E-state index in [-0.39, 0.29) is 10.6 Å². The van der Waals surface area contributed by atoms with Crippen LogP contribution in [0.5, 0.6) is 0 Å². The van der Waals surface area contributed by atoms with Crippen molar-refractivity contribution in [2.75, 3.05) is 16.4 Å². The van der Waals surface area contributed by atoms with Crippen molar-refractivity contribution < 1.29 is 8.42 Å². The van der Waals surface area contributed by atoms with Crippen LogP contribution < -0.4 is 10.6 Å². The number of hydrogen-bond donors (Lipinski definition) is 2. The van der Waals surface area contributed by atoms with Gasteiger partial charge in [0.1, 0.15) is 18.0 Å². The van der Waals surface area contributed by atoms with Crippen LogP contribution in [0.1, 0.15) is 6.92 Å². The third-order valence-corrected chi connectivity index (χ3v) is 5.29. The van der Waals surface area contributed by atoms with Gasteiger partial charge < -0.3 is 10.6 Å². The highest BCUT2D eigenvalue weighted by Gasteiger charge is 2.11. The van der Waals surface area contributed by atoms with Crippen molar-refractivity contribution in [1.29, 1.82) is 0 Å². The maximum Gasteiger partial charge on any atom is 0.178 e. The Balaban J connectivity index is 1.80. The third kappa shape index (κ3) is 4.33. The Morgan fingerprint density at radius 2 is 1.48 bits per heavy atom. The minimum absolute atomic E-state index is 0.0646. The average molecular weight is 354 g/mol. The SMILES string of the molecule is CCS(=O)(=O)c1cccc(Nc2cc(Nc3ccccc3)ncn2)c1. The fourth-order valence-electron chi connectivity index (χ4n) is 2.25. The van der Waals surface area contributed by atoms with Crippen LogP contribution >= 0.6 is 0 Å². The van der Waals surface area contributed by atoms with E-state index in [1.54, 1.807) is 37.3 Å². The number of sulfone groups is 1. The minimum atomic E-state index is -3.25. The third-order valence-electron chi connectivity index (χ3n) is 3.56. The number of rotatable bonds is 6. The summed E-state index contributed by atoms with van der Waals surface area (Å²) in [5, 5.41) is 6.30. The predicted octanol–water partition coefficient (Wildman–Crippen LogP) is 3.76. The summed E-state index contributed by atoms with van der Waals surface area (Å²) < 4.78 is 24.0. The first-order valence-electron chi connectivity index (χ1n) is 7.81. The van der Waals surface area contributed by atoms with E-state index >= 15 is 0 Å². The van der Waals surface area contributed by atoms with Gasteiger partial charge in [0, 0.05) is 17.4 Å². The largest absolute Gasteiger partial charge is 0.340 e. The highest BCUT2D eigenvalue weighted by Crippen LogP contribution is 2.21. The molecule has 0 amide bonds. The van der Waals surface area contributed by atoms with Gasteiger partial charge in [0.2, 0.25) is 0 Å². The van der Waals surface area contributed by atoms with Crippen molar-refractivity contribution in [2.45, 2.75) is 11.8 Å². The van der Waals surface area contributed by atoms with Gasteiger partial charge in [-0.3, -0.25) is 0 Å². The molecule has 3 rings (SSSR count). The molecule has 25 heavy (non-hydrogen) atoms. The molecule has 1 heterocycles. The fraction of sp³-hybridized carbons (Fsp3) is 0.111. The Morgan fingerprint density at radius 3 is 2.16 bits per heavy atom. The Kier molecular flexibility index (Phi) is 4.95. The van der Waals surface area contributed by atoms with Gasteiger partial charge in [0.25, 0.3) is 0 Å². The van der Waals surface area contributed by atoms with E-state index in [0.29, 0.717) is 17.3 Å². The van der Waals surface area contributed by atoms with Crippen molar-refractivity contribution in [3.8, 4) is 0 Å². The van der Waals surface area contributed by atoms with Gasteiger partial charge in [0.15, 0.2) is 9.84 Å². The van der Waals surface area contributed by atoms with E-state index in [0.717, 1.165) is 5.69 Å². The van der Waals surface area contributed by atoms with E-state index in [1.807, 2.05) is 30.3 Å². The molecule has 1 aromatic heterocycles. The van der Waals surface area contributed by atoms with Crippen LogP contribution in [0.3, 0.4) is 0 Å². The maximum absolute atomic E-state index is 12.0. The molecule has 0 spiro atoms. The molecule has 0 atom stereocenters. The summed E-state index contributed by atoms with van der Waals surface area (Å²) in [4.78, 5) is 8.65. The Labute approximate surface area is 146 Å². The van der Waals surface area contributed by atoms with E-state index in [1.165, 1.54) is 6.33 Å². The van der Waals surface area contributed by atoms with Crippen LogP contribution in [-0.4, -0.2) is 24.1 Å². The maximum atomic E-state index is 12.0. The molecular formula is C18H18N4O2S. The van der Waals surface area contributed by atoms with Crippen LogP contribution in [0.4, 0.5) is 23.0 Å². The second-order valence-corrected chi connectivity index (χ2v) is 7.61. The second-order valence-electron chi connectivity index (χ2n) is 5.34. The lowest BCUT2D eigenvalue weighted by molar-refractivity contribution is 0.597. The first kappa shape index (κ1) is 16.9. The molecule has 0 bridgehead atoms. The standard InChI is InChI=1S/C18H18N4O2S/c1-2-25(23,24)16-10-6-9-15(11-16)22-18-12-17(19-13-20-18)21-14-7-4-3-5-8-14/h3-13H,2H2,1H3,(H2,19,20,21,22). The van der Waals surface area contributed by atoms with Crippen LogP contribution in [-0.2, 0) is 9.84 Å². The molecule has 2 aromatic carbocycles. The number of nitrogens with zero attached hydrogens (tertiary/aromatic N) is 2. The second kappa shape index (κ2) is 7.31. The number of benzene rings is 2. The summed E-state index contributed by atoms with van der Waals surface area (Å²) in [5.41, 5.74) is 1.57. The van der Waals surface area contributed by atoms with Crippen LogP contribution in [0.2, 0.25) is 0 Å². The van der Waals surface area contributed by atoms with E-state index in [9.17, 15) is 8.42 Å². The van der Waals surface area contributed by atoms with Crippen molar-refractivity contribution in [1.82, 2.24) is 9.97 Å². The van der Waals surface area contributed by atoms with E-state index in [4.69, 9.17) is 0 Å². The highest BCUT2D eigenvalue weighted by molar-refractivity contribution is 7.91. The van der Waals surface area contributed by atoms with Crippen LogP contribution in [0, 0.1) is 0 Å². The molecule has 2 N–H and O–H groups in total. The molecule has 7 heteroatoms. The lowest BCUT2D eigenvalue weighted by atomic mass is 10.3. The first-order valence-corrected chi connectivity index (χ1v) is 9.46. The number of hydrogen-bond acceptors (Lipinski definition) is 6. The summed E-state index contributed by atoms with van der Waals surface area (Å²) >= 11 is 0. The predicted molar refractivity (Wildman–Crippen MR) is 99.2 cm³/mol. The molecule has 128 valence electrons. The molecule has 3 aromatic rings. The number of anilines is 4. The molecule has 0 unspecified atom stereocenters. The number of para-hydroxylation sites is 1. The summed E-state index contributed by atoms with van der Waals surface area (Å²) in [5.74, 6) is 1.27. The molecule has 0 radical (unpaired) electrons. The molecule has 6 nitrogen and oxygen atoms in total. The van der Waals surface area contributed by atoms with Crippen molar-refractivity contribution in [3.05, 3.63) is 67.0 Å². The van der Waals surface area contributed by atoms with Crippen LogP contribution in [0.15, 0.2) is 71.9 Å². The van der Waals surface area contributed by atoms with Crippen LogP contribution in [0.25, 0.3) is 0 Å². The lowest BCUT2D eigenvalue weighted by Crippen LogP contribution is -2.04. The Hall–Kier alpha value is -2.93. The molecule has 0 fully saturated rings. The first-order chi connectivity index (χ1) is 12.1. The monoisotopic (exact) mass is 354 g/mol. The van der Waals surface area contributed by atoms with Gasteiger partial charge in [-0.2, -0.15) is 0 Å². The number of nitrogens with one attached hydrogen (secondary N) is 2. The highest BCUT2D eigenvalue weighted by atomic mass is 32.2. The summed E-state index contributed by atoms with van der Waals surface area (Å²) in [7, 11) is -3.25. The minimum Gasteiger partial charge on any atom is -0.340 e. The average Bonchev–Trinajstić information content (AvgIpc) is 2.63.